The largest absolute Gasteiger partial charge is 0.744 e. The number of aromatic carboxylic acids is 2. The van der Waals surface area contributed by atoms with Gasteiger partial charge in [-0.05, 0) is 192 Å². The zero-order chi connectivity index (χ0) is 93.2. The maximum Gasteiger partial charge on any atom is 0.341 e. The second-order valence-corrected chi connectivity index (χ2v) is 35.0. The standard InChI is InChI=1S/C37H28N2O21S6.C22H14O9.C22H26O7/c40-23(13-19-3-1-5-21(11-19)36(41)38-28-7-9-30(63(49,50)51)26-15-24(61(43,44)45)17-32(34(26)28)65(55,56)57)14-20-4-2-6-22(12-20)37(42)39-29-8-10-31(64(52,53)54)27-16-25(62(46,47)48)18-33(35(27)29)66(58,59)60;23-16-4-1-10(7-13(16)20(26)27)19(11-2-5-17(24)14(8-11)21(28)29)12-3-6-18(25)15(9-12)22(30)31;1-3-5-19-20(11-10-18(15(2)23)22(19)26)28-13-4-12-27-16-6-8-17(9-7-16)29-14-21(24)25/h1-12,15-18H,13-14H2,(H,38,41)(H,39,42)(H,43,44,45)(H,46,47,48)(H,49,50,51)(H,52,53,54)(H,55,56,57)(H,58,59,60);1-9,23-24H,(H,26,27)(H,28,29)(H,30,31);6-11,26H,3-5,12-14H2,1-2H3,(H,24,25)/p-4. The van der Waals surface area contributed by atoms with Gasteiger partial charge in [-0.3, -0.25) is 33.1 Å². The van der Waals surface area contributed by atoms with E-state index in [1.807, 2.05) is 6.92 Å². The van der Waals surface area contributed by atoms with Gasteiger partial charge in [0.15, 0.2) is 18.2 Å². The molecule has 0 fully saturated rings. The van der Waals surface area contributed by atoms with Crippen LogP contribution in [0, 0.1) is 0 Å². The van der Waals surface area contributed by atoms with Crippen molar-refractivity contribution < 1.29 is 171 Å². The van der Waals surface area contributed by atoms with Crippen LogP contribution < -0.4 is 24.8 Å². The first-order valence-electron chi connectivity index (χ1n) is 35.7. The van der Waals surface area contributed by atoms with E-state index in [1.54, 1.807) is 36.4 Å². The lowest BCUT2D eigenvalue weighted by Gasteiger charge is -2.19. The van der Waals surface area contributed by atoms with E-state index < -0.39 is 198 Å². The van der Waals surface area contributed by atoms with Crippen molar-refractivity contribution in [2.24, 2.45) is 0 Å². The van der Waals surface area contributed by atoms with Gasteiger partial charge in [0.1, 0.15) is 107 Å². The molecule has 1 aliphatic rings. The highest BCUT2D eigenvalue weighted by atomic mass is 32.2. The molecule has 0 radical (unpaired) electrons. The normalized spacial score (nSPS) is 12.3. The number of carboxylic acid groups (broad SMARTS) is 4. The smallest absolute Gasteiger partial charge is 0.341 e. The molecule has 11 rings (SSSR count). The third kappa shape index (κ3) is 23.9. The molecule has 45 heteroatoms. The molecule has 10 aromatic carbocycles. The molecule has 0 heterocycles. The number of ether oxygens (including phenoxy) is 3. The Bertz CT molecular complexity index is 6730. The summed E-state index contributed by atoms with van der Waals surface area (Å²) in [6.45, 7) is 3.86. The number of nitrogens with one attached hydrogen (secondary N) is 2. The number of rotatable bonds is 31. The van der Waals surface area contributed by atoms with E-state index >= 15 is 0 Å². The van der Waals surface area contributed by atoms with Crippen LogP contribution in [0.2, 0.25) is 0 Å². The predicted molar refractivity (Wildman–Crippen MR) is 434 cm³/mol. The van der Waals surface area contributed by atoms with Gasteiger partial charge >= 0.3 is 23.9 Å². The molecule has 10 aromatic rings. The van der Waals surface area contributed by atoms with E-state index in [4.69, 9.17) is 19.3 Å². The highest BCUT2D eigenvalue weighted by Crippen LogP contribution is 2.41. The maximum atomic E-state index is 13.4. The van der Waals surface area contributed by atoms with Gasteiger partial charge in [-0.1, -0.05) is 55.8 Å². The number of hydrogen-bond acceptors (Lipinski definition) is 31. The zero-order valence-electron chi connectivity index (χ0n) is 64.5. The number of phenols is 3. The fourth-order valence-corrected chi connectivity index (χ4v) is 16.5. The van der Waals surface area contributed by atoms with Gasteiger partial charge in [-0.2, -0.15) is 16.8 Å². The molecular weight excluding hydrogens is 1790 g/mol. The number of amides is 2. The van der Waals surface area contributed by atoms with E-state index in [1.165, 1.54) is 73.7 Å². The number of aliphatic carboxylic acids is 2. The van der Waals surface area contributed by atoms with Crippen LogP contribution in [-0.4, -0.2) is 186 Å². The number of allylic oxidation sites excluding steroid dienone is 4. The SMILES string of the molecule is CCCc1c(OCCCOc2ccc(OCC(=O)O)cc2)ccc(C(C)=O)c1O.O=C(Cc1cccc(C(=O)Nc2ccc(S(=O)(=O)O)c3cc(S(=O)(=O)[O-])cc(S(=O)(=O)[O-])c23)c1)Cc1cccc(C(=O)Nc2ccc(S(=O)(=O)O)c3cc(S(=O)(=O)[O-])cc(S(=O)(=O)[O-])c23)c1.O=C(O)C1=CC(=C(c2ccc(O)c(C(=O)O)c2)c2ccc(O)c(C(=O)O)c2)C=CC1=O. The van der Waals surface area contributed by atoms with Crippen molar-refractivity contribution in [3.05, 3.63) is 255 Å². The first-order valence-corrected chi connectivity index (χ1v) is 44.2. The minimum absolute atomic E-state index is 0.00157. The summed E-state index contributed by atoms with van der Waals surface area (Å²) in [5.74, 6) is -8.22. The van der Waals surface area contributed by atoms with Crippen molar-refractivity contribution in [1.82, 2.24) is 0 Å². The average molecular weight is 1850 g/mol. The fraction of sp³-hybridized carbons (Fsp3) is 0.123. The molecule has 11 N–H and O–H groups in total. The van der Waals surface area contributed by atoms with E-state index in [0.717, 1.165) is 55.0 Å². The van der Waals surface area contributed by atoms with Crippen LogP contribution in [-0.2, 0) is 99.1 Å². The van der Waals surface area contributed by atoms with E-state index in [0.29, 0.717) is 78.7 Å². The second-order valence-electron chi connectivity index (χ2n) is 26.8. The number of Topliss-reactive ketones (excluding diaryl/α,β-unsaturated/α-hetero) is 2. The Balaban J connectivity index is 0.000000247. The van der Waals surface area contributed by atoms with Crippen LogP contribution in [0.25, 0.3) is 27.1 Å². The summed E-state index contributed by atoms with van der Waals surface area (Å²) in [4.78, 5) is 101. The van der Waals surface area contributed by atoms with Gasteiger partial charge in [0.05, 0.1) is 49.7 Å². The summed E-state index contributed by atoms with van der Waals surface area (Å²) >= 11 is 0. The number of phenolic OH excluding ortho intramolecular Hbond substituents is 1. The van der Waals surface area contributed by atoms with E-state index in [9.17, 15) is 152 Å². The minimum atomic E-state index is -5.71. The third-order valence-electron chi connectivity index (χ3n) is 18.0. The summed E-state index contributed by atoms with van der Waals surface area (Å²) in [6, 6.07) is 31.5. The average Bonchev–Trinajstić information content (AvgIpc) is 0.738. The number of carboxylic acids is 4. The molecule has 0 aromatic heterocycles. The molecule has 39 nitrogen and oxygen atoms in total. The summed E-state index contributed by atoms with van der Waals surface area (Å²) in [5.41, 5.74) is -0.843. The van der Waals surface area contributed by atoms with Gasteiger partial charge in [0.2, 0.25) is 0 Å². The summed E-state index contributed by atoms with van der Waals surface area (Å²) < 4.78 is 229. The molecule has 0 spiro atoms. The Morgan fingerprint density at radius 2 is 0.897 bits per heavy atom. The Morgan fingerprint density at radius 3 is 1.29 bits per heavy atom. The number of anilines is 2. The topological polar surface area (TPSA) is 685 Å². The lowest BCUT2D eigenvalue weighted by atomic mass is 9.87. The molecule has 1 aliphatic carbocycles. The predicted octanol–water partition coefficient (Wildman–Crippen LogP) is 8.27. The number of ketones is 3. The Kier molecular flexibility index (Phi) is 29.6. The van der Waals surface area contributed by atoms with Crippen molar-refractivity contribution in [2.45, 2.75) is 75.3 Å². The molecule has 0 unspecified atom stereocenters. The summed E-state index contributed by atoms with van der Waals surface area (Å²) in [6.07, 6.45) is 4.75. The molecule has 0 aliphatic heterocycles. The molecule has 0 saturated heterocycles. The Morgan fingerprint density at radius 1 is 0.452 bits per heavy atom. The molecule has 0 atom stereocenters. The zero-order valence-corrected chi connectivity index (χ0v) is 69.4. The van der Waals surface area contributed by atoms with Crippen LogP contribution >= 0.6 is 0 Å². The third-order valence-corrected chi connectivity index (χ3v) is 23.2. The minimum Gasteiger partial charge on any atom is -0.744 e. The number of benzene rings is 10. The molecule has 0 saturated carbocycles. The number of aromatic hydroxyl groups is 3. The van der Waals surface area contributed by atoms with Crippen molar-refractivity contribution in [3.63, 3.8) is 0 Å². The first kappa shape index (κ1) is 95.9. The van der Waals surface area contributed by atoms with Gasteiger partial charge in [0.25, 0.3) is 32.1 Å². The van der Waals surface area contributed by atoms with Crippen LogP contribution in [0.3, 0.4) is 0 Å². The van der Waals surface area contributed by atoms with Crippen molar-refractivity contribution in [3.8, 4) is 34.5 Å². The van der Waals surface area contributed by atoms with E-state index in [-0.39, 0.29) is 87.6 Å². The lowest BCUT2D eigenvalue weighted by molar-refractivity contribution is -0.139. The van der Waals surface area contributed by atoms with Crippen molar-refractivity contribution in [1.29, 1.82) is 0 Å². The van der Waals surface area contributed by atoms with Gasteiger partial charge in [0, 0.05) is 57.5 Å². The highest BCUT2D eigenvalue weighted by molar-refractivity contribution is 7.88. The molecule has 2 amide bonds. The quantitative estimate of drug-likeness (QED) is 0.00842. The summed E-state index contributed by atoms with van der Waals surface area (Å²) in [7, 11) is -33.0. The van der Waals surface area contributed by atoms with Gasteiger partial charge in [-0.25, -0.2) is 52.8 Å². The van der Waals surface area contributed by atoms with Gasteiger partial charge in [-0.15, -0.1) is 0 Å². The van der Waals surface area contributed by atoms with Crippen LogP contribution in [0.5, 0.6) is 34.5 Å². The fourth-order valence-electron chi connectivity index (χ4n) is 12.5. The summed E-state index contributed by atoms with van der Waals surface area (Å²) in [5, 5.41) is 67.4. The number of hydrogen-bond donors (Lipinski definition) is 11. The lowest BCUT2D eigenvalue weighted by Crippen LogP contribution is -2.15. The molecule has 660 valence electrons. The van der Waals surface area contributed by atoms with Crippen molar-refractivity contribution >= 4 is 152 Å². The van der Waals surface area contributed by atoms with Crippen LogP contribution in [0.15, 0.2) is 229 Å². The Hall–Kier alpha value is -14.0. The Labute approximate surface area is 713 Å². The maximum absolute atomic E-state index is 13.4. The van der Waals surface area contributed by atoms with Crippen LogP contribution in [0.1, 0.15) is 106 Å². The second kappa shape index (κ2) is 38.8. The molecule has 126 heavy (non-hydrogen) atoms. The number of carbonyl (C=O) groups is 9. The van der Waals surface area contributed by atoms with Crippen LogP contribution in [0.4, 0.5) is 11.4 Å². The van der Waals surface area contributed by atoms with Crippen molar-refractivity contribution in [2.75, 3.05) is 30.5 Å². The van der Waals surface area contributed by atoms with Gasteiger partial charge < -0.3 is 78.8 Å². The number of fused-ring (bicyclic) bond motifs is 2. The monoisotopic (exact) mass is 1850 g/mol. The molecular formula is C81H64N2O37S6-4. The highest BCUT2D eigenvalue weighted by Gasteiger charge is 2.29. The first-order chi connectivity index (χ1) is 58.7. The molecule has 0 bridgehead atoms. The number of carbonyl (C=O) groups excluding carboxylic acids is 5. The van der Waals surface area contributed by atoms with E-state index in [2.05, 4.69) is 10.6 Å².